The Hall–Kier alpha value is -0.140. The van der Waals surface area contributed by atoms with Gasteiger partial charge in [-0.15, -0.1) is 12.6 Å². The maximum atomic E-state index is 10.9. The smallest absolute Gasteiger partial charge is 0.178 e. The average Bonchev–Trinajstić information content (AvgIpc) is 2.08. The highest BCUT2D eigenvalue weighted by Crippen LogP contribution is 2.34. The van der Waals surface area contributed by atoms with Crippen LogP contribution in [-0.4, -0.2) is 51.0 Å². The molecule has 0 bridgehead atoms. The van der Waals surface area contributed by atoms with E-state index >= 15 is 0 Å². The highest BCUT2D eigenvalue weighted by Gasteiger charge is 2.50. The fourth-order valence-corrected chi connectivity index (χ4v) is 1.07. The third kappa shape index (κ3) is 2.03. The second-order valence-corrected chi connectivity index (χ2v) is 3.63. The van der Waals surface area contributed by atoms with Gasteiger partial charge in [-0.25, -0.2) is 0 Å². The number of rotatable bonds is 5. The fraction of sp³-hybridized carbons (Fsp3) is 0.857. The summed E-state index contributed by atoms with van der Waals surface area (Å²) >= 11 is 3.63. The van der Waals surface area contributed by atoms with Gasteiger partial charge in [0.25, 0.3) is 0 Å². The summed E-state index contributed by atoms with van der Waals surface area (Å²) in [5, 5.41) is 36.2. The second kappa shape index (κ2) is 4.39. The maximum Gasteiger partial charge on any atom is 0.178 e. The van der Waals surface area contributed by atoms with E-state index in [2.05, 4.69) is 12.6 Å². The Labute approximate surface area is 81.4 Å². The number of aliphatic hydroxyl groups is 4. The first kappa shape index (κ1) is 12.9. The van der Waals surface area contributed by atoms with Gasteiger partial charge >= 0.3 is 0 Å². The first-order valence-electron chi connectivity index (χ1n) is 3.66. The molecule has 0 saturated heterocycles. The predicted octanol–water partition coefficient (Wildman–Crippen LogP) is -1.84. The molecule has 0 aromatic heterocycles. The van der Waals surface area contributed by atoms with Crippen LogP contribution >= 0.6 is 12.6 Å². The maximum absolute atomic E-state index is 10.9. The van der Waals surface area contributed by atoms with Gasteiger partial charge in [-0.3, -0.25) is 4.79 Å². The van der Waals surface area contributed by atoms with E-state index in [1.165, 1.54) is 0 Å². The van der Waals surface area contributed by atoms with Crippen LogP contribution in [0.4, 0.5) is 0 Å². The van der Waals surface area contributed by atoms with Crippen LogP contribution in [0.3, 0.4) is 0 Å². The molecule has 0 aliphatic rings. The second-order valence-electron chi connectivity index (χ2n) is 2.98. The molecule has 0 radical (unpaired) electrons. The molecule has 0 aliphatic heterocycles. The van der Waals surface area contributed by atoms with Gasteiger partial charge in [0.15, 0.2) is 10.7 Å². The molecular formula is C7H14O5S. The molecule has 6 heteroatoms. The summed E-state index contributed by atoms with van der Waals surface area (Å²) in [5.74, 6) is -0.743. The molecular weight excluding hydrogens is 196 g/mol. The molecule has 0 amide bonds. The first-order valence-corrected chi connectivity index (χ1v) is 4.11. The van der Waals surface area contributed by atoms with Crippen LogP contribution in [0.1, 0.15) is 6.92 Å². The Balaban J connectivity index is 5.02. The quantitative estimate of drug-likeness (QED) is 0.271. The van der Waals surface area contributed by atoms with E-state index in [0.29, 0.717) is 0 Å². The number of thiol groups is 1. The summed E-state index contributed by atoms with van der Waals surface area (Å²) in [7, 11) is 0. The van der Waals surface area contributed by atoms with Gasteiger partial charge in [-0.05, 0) is 6.92 Å². The minimum atomic E-state index is -2.23. The molecule has 1 atom stereocenters. The van der Waals surface area contributed by atoms with Crippen LogP contribution in [0.2, 0.25) is 0 Å². The van der Waals surface area contributed by atoms with Crippen LogP contribution in [0.5, 0.6) is 0 Å². The average molecular weight is 210 g/mol. The van der Waals surface area contributed by atoms with Crippen LogP contribution in [0.15, 0.2) is 0 Å². The Morgan fingerprint density at radius 3 is 1.62 bits per heavy atom. The lowest BCUT2D eigenvalue weighted by Gasteiger charge is -2.38. The summed E-state index contributed by atoms with van der Waals surface area (Å²) < 4.78 is 0. The molecule has 0 aromatic carbocycles. The Morgan fingerprint density at radius 2 is 1.54 bits per heavy atom. The van der Waals surface area contributed by atoms with Gasteiger partial charge in [0.2, 0.25) is 0 Å². The lowest BCUT2D eigenvalue weighted by molar-refractivity contribution is -0.149. The van der Waals surface area contributed by atoms with Gasteiger partial charge in [0, 0.05) is 0 Å². The molecule has 0 spiro atoms. The van der Waals surface area contributed by atoms with Crippen molar-refractivity contribution in [3.63, 3.8) is 0 Å². The predicted molar refractivity (Wildman–Crippen MR) is 48.3 cm³/mol. The molecule has 5 nitrogen and oxygen atoms in total. The number of aliphatic hydroxyl groups excluding tert-OH is 3. The zero-order chi connectivity index (χ0) is 10.7. The lowest BCUT2D eigenvalue weighted by Crippen LogP contribution is -2.56. The first-order chi connectivity index (χ1) is 5.88. The molecule has 0 aliphatic carbocycles. The largest absolute Gasteiger partial charge is 0.395 e. The van der Waals surface area contributed by atoms with Gasteiger partial charge < -0.3 is 20.4 Å². The normalized spacial score (nSPS) is 16.8. The summed E-state index contributed by atoms with van der Waals surface area (Å²) in [6.45, 7) is -1.15. The van der Waals surface area contributed by atoms with Crippen molar-refractivity contribution in [3.05, 3.63) is 0 Å². The summed E-state index contributed by atoms with van der Waals surface area (Å²) in [6.07, 6.45) is 0. The number of Topliss-reactive ketones (excluding diaryl/α,β-unsaturated/α-hetero) is 1. The SMILES string of the molecule is CC(=O)C(O)(S)C(CO)(CO)CO. The minimum Gasteiger partial charge on any atom is -0.395 e. The van der Waals surface area contributed by atoms with Crippen molar-refractivity contribution in [1.29, 1.82) is 0 Å². The van der Waals surface area contributed by atoms with Gasteiger partial charge in [0.05, 0.1) is 25.2 Å². The third-order valence-electron chi connectivity index (χ3n) is 2.14. The van der Waals surface area contributed by atoms with Crippen molar-refractivity contribution in [1.82, 2.24) is 0 Å². The lowest BCUT2D eigenvalue weighted by atomic mass is 9.82. The monoisotopic (exact) mass is 210 g/mol. The topological polar surface area (TPSA) is 98.0 Å². The highest BCUT2D eigenvalue weighted by atomic mass is 32.1. The standard InChI is InChI=1S/C7H14O5S/c1-5(11)7(12,13)6(2-8,3-9)4-10/h8-10,12-13H,2-4H2,1H3. The van der Waals surface area contributed by atoms with Crippen molar-refractivity contribution in [2.24, 2.45) is 5.41 Å². The number of carbonyl (C=O) groups is 1. The highest BCUT2D eigenvalue weighted by molar-refractivity contribution is 7.82. The molecule has 0 fully saturated rings. The van der Waals surface area contributed by atoms with Crippen LogP contribution in [-0.2, 0) is 4.79 Å². The number of ketones is 1. The van der Waals surface area contributed by atoms with E-state index in [0.717, 1.165) is 6.92 Å². The molecule has 0 saturated carbocycles. The molecule has 0 aromatic rings. The minimum absolute atomic E-state index is 0.737. The molecule has 1 unspecified atom stereocenters. The van der Waals surface area contributed by atoms with Gasteiger partial charge in [-0.2, -0.15) is 0 Å². The van der Waals surface area contributed by atoms with E-state index in [1.807, 2.05) is 0 Å². The van der Waals surface area contributed by atoms with Crippen molar-refractivity contribution < 1.29 is 25.2 Å². The summed E-state index contributed by atoms with van der Waals surface area (Å²) in [6, 6.07) is 0. The van der Waals surface area contributed by atoms with E-state index in [1.54, 1.807) is 0 Å². The molecule has 78 valence electrons. The Bertz CT molecular complexity index is 179. The zero-order valence-electron chi connectivity index (χ0n) is 7.27. The van der Waals surface area contributed by atoms with E-state index in [4.69, 9.17) is 15.3 Å². The van der Waals surface area contributed by atoms with Crippen molar-refractivity contribution >= 4 is 18.4 Å². The van der Waals surface area contributed by atoms with Crippen LogP contribution in [0, 0.1) is 5.41 Å². The summed E-state index contributed by atoms with van der Waals surface area (Å²) in [5.41, 5.74) is -1.72. The number of carbonyl (C=O) groups excluding carboxylic acids is 1. The van der Waals surface area contributed by atoms with E-state index in [-0.39, 0.29) is 0 Å². The van der Waals surface area contributed by atoms with Crippen molar-refractivity contribution in [2.75, 3.05) is 19.8 Å². The third-order valence-corrected chi connectivity index (χ3v) is 2.93. The van der Waals surface area contributed by atoms with Crippen molar-refractivity contribution in [3.8, 4) is 0 Å². The summed E-state index contributed by atoms with van der Waals surface area (Å²) in [4.78, 5) is 8.70. The van der Waals surface area contributed by atoms with Crippen LogP contribution < -0.4 is 0 Å². The Kier molecular flexibility index (Phi) is 4.34. The molecule has 4 N–H and O–H groups in total. The fourth-order valence-electron chi connectivity index (χ4n) is 0.854. The van der Waals surface area contributed by atoms with Gasteiger partial charge in [-0.1, -0.05) is 0 Å². The van der Waals surface area contributed by atoms with E-state index < -0.39 is 36.0 Å². The number of hydrogen-bond acceptors (Lipinski definition) is 6. The van der Waals surface area contributed by atoms with Crippen LogP contribution in [0.25, 0.3) is 0 Å². The number of hydrogen-bond donors (Lipinski definition) is 5. The zero-order valence-corrected chi connectivity index (χ0v) is 8.16. The van der Waals surface area contributed by atoms with Crippen molar-refractivity contribution in [2.45, 2.75) is 11.9 Å². The molecule has 0 heterocycles. The van der Waals surface area contributed by atoms with Gasteiger partial charge in [0.1, 0.15) is 0 Å². The Morgan fingerprint density at radius 1 is 1.23 bits per heavy atom. The molecule has 13 heavy (non-hydrogen) atoms. The van der Waals surface area contributed by atoms with E-state index in [9.17, 15) is 9.90 Å². The molecule has 0 rings (SSSR count).